The number of rotatable bonds is 5. The van der Waals surface area contributed by atoms with Crippen molar-refractivity contribution in [2.75, 3.05) is 0 Å². The topological polar surface area (TPSA) is 21.3 Å². The number of hydrogen-bond donors (Lipinski definition) is 1. The maximum absolute atomic E-state index is 5.80. The molecule has 0 heterocycles. The summed E-state index contributed by atoms with van der Waals surface area (Å²) in [6.45, 7) is 12.6. The summed E-state index contributed by atoms with van der Waals surface area (Å²) < 4.78 is 5.80. The van der Waals surface area contributed by atoms with E-state index in [0.717, 1.165) is 18.7 Å². The molecule has 0 radical (unpaired) electrons. The van der Waals surface area contributed by atoms with E-state index in [-0.39, 0.29) is 5.60 Å². The Morgan fingerprint density at radius 2 is 1.93 bits per heavy atom. The molecule has 0 spiro atoms. The van der Waals surface area contributed by atoms with Gasteiger partial charge < -0.3 is 10.1 Å². The average molecular weight is 199 g/mol. The molecule has 84 valence electrons. The SMILES string of the molecule is CCC/C=C(/NC(C)C)OC(C)(C)C. The van der Waals surface area contributed by atoms with Gasteiger partial charge in [0.15, 0.2) is 5.88 Å². The highest BCUT2D eigenvalue weighted by Gasteiger charge is 2.13. The molecule has 0 aromatic heterocycles. The van der Waals surface area contributed by atoms with E-state index in [1.165, 1.54) is 0 Å². The van der Waals surface area contributed by atoms with E-state index in [2.05, 4.69) is 52.9 Å². The summed E-state index contributed by atoms with van der Waals surface area (Å²) in [6.07, 6.45) is 4.34. The van der Waals surface area contributed by atoms with Gasteiger partial charge >= 0.3 is 0 Å². The summed E-state index contributed by atoms with van der Waals surface area (Å²) in [5, 5.41) is 3.31. The van der Waals surface area contributed by atoms with Gasteiger partial charge in [-0.25, -0.2) is 0 Å². The zero-order valence-corrected chi connectivity index (χ0v) is 10.5. The first-order valence-corrected chi connectivity index (χ1v) is 5.51. The Morgan fingerprint density at radius 1 is 1.36 bits per heavy atom. The van der Waals surface area contributed by atoms with Crippen LogP contribution in [0, 0.1) is 0 Å². The molecule has 0 atom stereocenters. The molecule has 2 nitrogen and oxygen atoms in total. The molecular formula is C12H25NO. The fraction of sp³-hybridized carbons (Fsp3) is 0.833. The predicted molar refractivity (Wildman–Crippen MR) is 62.1 cm³/mol. The number of hydrogen-bond acceptors (Lipinski definition) is 2. The van der Waals surface area contributed by atoms with Crippen LogP contribution in [0.15, 0.2) is 12.0 Å². The number of ether oxygens (including phenoxy) is 1. The lowest BCUT2D eigenvalue weighted by molar-refractivity contribution is 0.0377. The molecule has 0 fully saturated rings. The minimum atomic E-state index is -0.124. The Hall–Kier alpha value is -0.660. The van der Waals surface area contributed by atoms with Gasteiger partial charge in [0.1, 0.15) is 5.60 Å². The quantitative estimate of drug-likeness (QED) is 0.685. The van der Waals surface area contributed by atoms with Crippen molar-refractivity contribution < 1.29 is 4.74 Å². The first-order chi connectivity index (χ1) is 6.35. The van der Waals surface area contributed by atoms with E-state index in [4.69, 9.17) is 4.74 Å². The highest BCUT2D eigenvalue weighted by Crippen LogP contribution is 2.13. The minimum absolute atomic E-state index is 0.124. The summed E-state index contributed by atoms with van der Waals surface area (Å²) in [4.78, 5) is 0. The van der Waals surface area contributed by atoms with E-state index >= 15 is 0 Å². The molecule has 0 unspecified atom stereocenters. The number of nitrogens with one attached hydrogen (secondary N) is 1. The monoisotopic (exact) mass is 199 g/mol. The summed E-state index contributed by atoms with van der Waals surface area (Å²) in [5.74, 6) is 0.911. The van der Waals surface area contributed by atoms with E-state index in [0.29, 0.717) is 6.04 Å². The van der Waals surface area contributed by atoms with Gasteiger partial charge in [-0.1, -0.05) is 13.3 Å². The van der Waals surface area contributed by atoms with Gasteiger partial charge in [0.2, 0.25) is 0 Å². The molecule has 0 aliphatic carbocycles. The highest BCUT2D eigenvalue weighted by atomic mass is 16.5. The second-order valence-corrected chi connectivity index (χ2v) is 4.87. The Balaban J connectivity index is 4.25. The van der Waals surface area contributed by atoms with Crippen LogP contribution in [0.25, 0.3) is 0 Å². The van der Waals surface area contributed by atoms with Crippen LogP contribution in [-0.4, -0.2) is 11.6 Å². The van der Waals surface area contributed by atoms with Gasteiger partial charge in [0, 0.05) is 6.04 Å². The van der Waals surface area contributed by atoms with Crippen molar-refractivity contribution in [3.63, 3.8) is 0 Å². The van der Waals surface area contributed by atoms with Crippen molar-refractivity contribution in [2.45, 2.75) is 66.0 Å². The smallest absolute Gasteiger partial charge is 0.183 e. The van der Waals surface area contributed by atoms with E-state index in [9.17, 15) is 0 Å². The van der Waals surface area contributed by atoms with Gasteiger partial charge in [0.25, 0.3) is 0 Å². The maximum atomic E-state index is 5.80. The van der Waals surface area contributed by atoms with Crippen LogP contribution in [-0.2, 0) is 4.74 Å². The lowest BCUT2D eigenvalue weighted by Crippen LogP contribution is -2.29. The Kier molecular flexibility index (Phi) is 5.66. The Morgan fingerprint density at radius 3 is 2.29 bits per heavy atom. The van der Waals surface area contributed by atoms with Gasteiger partial charge in [0.05, 0.1) is 0 Å². The largest absolute Gasteiger partial charge is 0.474 e. The van der Waals surface area contributed by atoms with Gasteiger partial charge in [-0.15, -0.1) is 0 Å². The molecular weight excluding hydrogens is 174 g/mol. The summed E-state index contributed by atoms with van der Waals surface area (Å²) in [5.41, 5.74) is -0.124. The summed E-state index contributed by atoms with van der Waals surface area (Å²) in [7, 11) is 0. The Bertz CT molecular complexity index is 177. The molecule has 1 N–H and O–H groups in total. The van der Waals surface area contributed by atoms with E-state index in [1.807, 2.05) is 0 Å². The van der Waals surface area contributed by atoms with Crippen molar-refractivity contribution >= 4 is 0 Å². The fourth-order valence-corrected chi connectivity index (χ4v) is 1.02. The second-order valence-electron chi connectivity index (χ2n) is 4.87. The maximum Gasteiger partial charge on any atom is 0.183 e. The van der Waals surface area contributed by atoms with Crippen LogP contribution < -0.4 is 5.32 Å². The molecule has 0 amide bonds. The van der Waals surface area contributed by atoms with Gasteiger partial charge in [-0.05, 0) is 47.1 Å². The third kappa shape index (κ3) is 7.96. The zero-order chi connectivity index (χ0) is 11.2. The summed E-state index contributed by atoms with van der Waals surface area (Å²) >= 11 is 0. The van der Waals surface area contributed by atoms with E-state index < -0.39 is 0 Å². The standard InChI is InChI=1S/C12H25NO/c1-7-8-9-11(13-10(2)3)14-12(4,5)6/h9-10,13H,7-8H2,1-6H3/b11-9-. The molecule has 14 heavy (non-hydrogen) atoms. The highest BCUT2D eigenvalue weighted by molar-refractivity contribution is 4.93. The van der Waals surface area contributed by atoms with Crippen LogP contribution in [0.2, 0.25) is 0 Å². The molecule has 0 rings (SSSR count). The van der Waals surface area contributed by atoms with E-state index in [1.54, 1.807) is 0 Å². The predicted octanol–water partition coefficient (Wildman–Crippen LogP) is 3.44. The molecule has 0 aromatic carbocycles. The fourth-order valence-electron chi connectivity index (χ4n) is 1.02. The average Bonchev–Trinajstić information content (AvgIpc) is 1.96. The number of unbranched alkanes of at least 4 members (excludes halogenated alkanes) is 1. The van der Waals surface area contributed by atoms with Crippen LogP contribution >= 0.6 is 0 Å². The van der Waals surface area contributed by atoms with Crippen molar-refractivity contribution in [3.05, 3.63) is 12.0 Å². The Labute approximate surface area is 88.7 Å². The normalized spacial score (nSPS) is 13.2. The zero-order valence-electron chi connectivity index (χ0n) is 10.5. The molecule has 0 saturated carbocycles. The van der Waals surface area contributed by atoms with Crippen molar-refractivity contribution in [1.29, 1.82) is 0 Å². The third-order valence-corrected chi connectivity index (χ3v) is 1.47. The van der Waals surface area contributed by atoms with Gasteiger partial charge in [-0.2, -0.15) is 0 Å². The lowest BCUT2D eigenvalue weighted by atomic mass is 10.2. The first-order valence-electron chi connectivity index (χ1n) is 5.51. The molecule has 0 aliphatic heterocycles. The van der Waals surface area contributed by atoms with Crippen LogP contribution in [0.3, 0.4) is 0 Å². The van der Waals surface area contributed by atoms with Crippen LogP contribution in [0.1, 0.15) is 54.4 Å². The van der Waals surface area contributed by atoms with Crippen LogP contribution in [0.4, 0.5) is 0 Å². The molecule has 0 aliphatic rings. The van der Waals surface area contributed by atoms with Crippen molar-refractivity contribution in [1.82, 2.24) is 5.32 Å². The van der Waals surface area contributed by atoms with Gasteiger partial charge in [-0.3, -0.25) is 0 Å². The molecule has 0 aromatic rings. The van der Waals surface area contributed by atoms with Crippen LogP contribution in [0.5, 0.6) is 0 Å². The third-order valence-electron chi connectivity index (χ3n) is 1.47. The minimum Gasteiger partial charge on any atom is -0.474 e. The van der Waals surface area contributed by atoms with Crippen molar-refractivity contribution in [3.8, 4) is 0 Å². The summed E-state index contributed by atoms with van der Waals surface area (Å²) in [6, 6.07) is 0.417. The molecule has 0 bridgehead atoms. The first kappa shape index (κ1) is 13.3. The lowest BCUT2D eigenvalue weighted by Gasteiger charge is -2.25. The molecule has 0 saturated heterocycles. The second kappa shape index (κ2) is 5.94. The number of allylic oxidation sites excluding steroid dienone is 1. The van der Waals surface area contributed by atoms with Crippen molar-refractivity contribution in [2.24, 2.45) is 0 Å². The molecule has 2 heteroatoms.